The van der Waals surface area contributed by atoms with Crippen molar-refractivity contribution in [3.8, 4) is 0 Å². The summed E-state index contributed by atoms with van der Waals surface area (Å²) in [5.41, 5.74) is 0.678. The monoisotopic (exact) mass is 397 g/mol. The number of aromatic nitrogens is 2. The summed E-state index contributed by atoms with van der Waals surface area (Å²) in [6, 6.07) is -0.301. The van der Waals surface area contributed by atoms with Gasteiger partial charge in [0.15, 0.2) is 9.84 Å². The van der Waals surface area contributed by atoms with Gasteiger partial charge in [0, 0.05) is 17.5 Å². The molecule has 0 aromatic carbocycles. The number of hydrogen-bond donors (Lipinski definition) is 0. The lowest BCUT2D eigenvalue weighted by atomic mass is 10.2. The molecule has 0 aliphatic carbocycles. The Morgan fingerprint density at radius 3 is 2.77 bits per heavy atom. The maximum absolute atomic E-state index is 12.8. The van der Waals surface area contributed by atoms with E-state index in [1.165, 1.54) is 22.2 Å². The van der Waals surface area contributed by atoms with Crippen LogP contribution in [0.4, 0.5) is 0 Å². The van der Waals surface area contributed by atoms with Crippen molar-refractivity contribution in [2.45, 2.75) is 46.2 Å². The number of thiophene rings is 1. The number of aryl methyl sites for hydroxylation is 2. The van der Waals surface area contributed by atoms with Crippen LogP contribution < -0.4 is 5.56 Å². The van der Waals surface area contributed by atoms with Crippen molar-refractivity contribution in [2.75, 3.05) is 18.1 Å². The summed E-state index contributed by atoms with van der Waals surface area (Å²) in [4.78, 5) is 33.2. The van der Waals surface area contributed by atoms with E-state index >= 15 is 0 Å². The topological polar surface area (TPSA) is 89.3 Å². The molecular weight excluding hydrogens is 374 g/mol. The van der Waals surface area contributed by atoms with E-state index < -0.39 is 9.84 Å². The maximum Gasteiger partial charge on any atom is 0.262 e. The number of amides is 1. The van der Waals surface area contributed by atoms with Crippen molar-refractivity contribution < 1.29 is 13.2 Å². The second-order valence-electron chi connectivity index (χ2n) is 6.79. The molecule has 2 aromatic heterocycles. The first kappa shape index (κ1) is 19.0. The predicted molar refractivity (Wildman–Crippen MR) is 102 cm³/mol. The number of sulfone groups is 1. The minimum Gasteiger partial charge on any atom is -0.337 e. The number of nitrogens with zero attached hydrogens (tertiary/aromatic N) is 3. The third-order valence-electron chi connectivity index (χ3n) is 4.90. The Balaban J connectivity index is 1.88. The lowest BCUT2D eigenvalue weighted by Gasteiger charge is -2.28. The molecule has 3 rings (SSSR count). The minimum atomic E-state index is -3.08. The Kier molecular flexibility index (Phi) is 5.21. The average Bonchev–Trinajstić information content (AvgIpc) is 3.07. The quantitative estimate of drug-likeness (QED) is 0.763. The molecule has 0 spiro atoms. The first-order chi connectivity index (χ1) is 12.2. The van der Waals surface area contributed by atoms with Crippen LogP contribution in [0.3, 0.4) is 0 Å². The number of hydrogen-bond acceptors (Lipinski definition) is 6. The SMILES string of the molecule is CCCN(C(=O)Cn1cnc2sc(C)c(C)c2c1=O)[C@@H]1CCS(=O)(=O)C1. The zero-order chi connectivity index (χ0) is 19.1. The van der Waals surface area contributed by atoms with Gasteiger partial charge in [-0.1, -0.05) is 6.92 Å². The smallest absolute Gasteiger partial charge is 0.262 e. The number of carbonyl (C=O) groups is 1. The van der Waals surface area contributed by atoms with Crippen LogP contribution >= 0.6 is 11.3 Å². The summed E-state index contributed by atoms with van der Waals surface area (Å²) in [6.07, 6.45) is 2.61. The molecule has 0 radical (unpaired) electrons. The molecule has 0 N–H and O–H groups in total. The Morgan fingerprint density at radius 1 is 1.42 bits per heavy atom. The molecule has 26 heavy (non-hydrogen) atoms. The van der Waals surface area contributed by atoms with E-state index in [0.717, 1.165) is 16.9 Å². The lowest BCUT2D eigenvalue weighted by Crippen LogP contribution is -2.44. The normalized spacial score (nSPS) is 19.1. The molecule has 1 fully saturated rings. The van der Waals surface area contributed by atoms with Crippen LogP contribution in [-0.4, -0.2) is 52.9 Å². The number of rotatable bonds is 5. The van der Waals surface area contributed by atoms with E-state index in [9.17, 15) is 18.0 Å². The molecule has 0 saturated carbocycles. The molecule has 1 saturated heterocycles. The van der Waals surface area contributed by atoms with Crippen LogP contribution in [0.5, 0.6) is 0 Å². The third-order valence-corrected chi connectivity index (χ3v) is 7.76. The highest BCUT2D eigenvalue weighted by atomic mass is 32.2. The third kappa shape index (κ3) is 3.55. The van der Waals surface area contributed by atoms with Gasteiger partial charge in [-0.05, 0) is 32.3 Å². The van der Waals surface area contributed by atoms with Crippen LogP contribution in [-0.2, 0) is 21.2 Å². The highest BCUT2D eigenvalue weighted by molar-refractivity contribution is 7.91. The van der Waals surface area contributed by atoms with Crippen LogP contribution in [0.15, 0.2) is 11.1 Å². The average molecular weight is 398 g/mol. The lowest BCUT2D eigenvalue weighted by molar-refractivity contribution is -0.133. The van der Waals surface area contributed by atoms with E-state index in [0.29, 0.717) is 23.2 Å². The second kappa shape index (κ2) is 7.11. The molecule has 2 aromatic rings. The van der Waals surface area contributed by atoms with Gasteiger partial charge in [0.05, 0.1) is 23.2 Å². The fraction of sp³-hybridized carbons (Fsp3) is 0.588. The molecule has 1 atom stereocenters. The van der Waals surface area contributed by atoms with Crippen molar-refractivity contribution in [2.24, 2.45) is 0 Å². The van der Waals surface area contributed by atoms with Gasteiger partial charge in [-0.25, -0.2) is 13.4 Å². The summed E-state index contributed by atoms with van der Waals surface area (Å²) in [5.74, 6) is -0.110. The molecular formula is C17H23N3O4S2. The Hall–Kier alpha value is -1.74. The first-order valence-electron chi connectivity index (χ1n) is 8.68. The van der Waals surface area contributed by atoms with E-state index in [4.69, 9.17) is 0 Å². The van der Waals surface area contributed by atoms with Crippen LogP contribution in [0.2, 0.25) is 0 Å². The Morgan fingerprint density at radius 2 is 2.15 bits per heavy atom. The van der Waals surface area contributed by atoms with Gasteiger partial charge in [-0.15, -0.1) is 11.3 Å². The highest BCUT2D eigenvalue weighted by Gasteiger charge is 2.34. The van der Waals surface area contributed by atoms with E-state index in [2.05, 4.69) is 4.98 Å². The summed E-state index contributed by atoms with van der Waals surface area (Å²) < 4.78 is 24.9. The molecule has 1 amide bonds. The summed E-state index contributed by atoms with van der Waals surface area (Å²) in [5, 5.41) is 0.563. The Labute approximate surface area is 156 Å². The number of carbonyl (C=O) groups excluding carboxylic acids is 1. The molecule has 1 aliphatic rings. The van der Waals surface area contributed by atoms with Crippen molar-refractivity contribution in [3.05, 3.63) is 27.1 Å². The zero-order valence-corrected chi connectivity index (χ0v) is 16.8. The van der Waals surface area contributed by atoms with Crippen molar-refractivity contribution in [1.29, 1.82) is 0 Å². The van der Waals surface area contributed by atoms with Gasteiger partial charge in [0.1, 0.15) is 11.4 Å². The van der Waals surface area contributed by atoms with Gasteiger partial charge in [-0.2, -0.15) is 0 Å². The molecule has 0 bridgehead atoms. The largest absolute Gasteiger partial charge is 0.337 e. The first-order valence-corrected chi connectivity index (χ1v) is 11.3. The molecule has 1 aliphatic heterocycles. The molecule has 9 heteroatoms. The van der Waals surface area contributed by atoms with E-state index in [-0.39, 0.29) is 35.6 Å². The summed E-state index contributed by atoms with van der Waals surface area (Å²) in [7, 11) is -3.08. The predicted octanol–water partition coefficient (Wildman–Crippen LogP) is 1.50. The van der Waals surface area contributed by atoms with Crippen molar-refractivity contribution in [1.82, 2.24) is 14.5 Å². The van der Waals surface area contributed by atoms with Gasteiger partial charge < -0.3 is 4.90 Å². The number of fused-ring (bicyclic) bond motifs is 1. The van der Waals surface area contributed by atoms with Crippen molar-refractivity contribution >= 4 is 37.3 Å². The fourth-order valence-electron chi connectivity index (χ4n) is 3.39. The molecule has 0 unspecified atom stereocenters. The standard InChI is InChI=1S/C17H23N3O4S2/c1-4-6-20(13-5-7-26(23,24)9-13)14(21)8-19-10-18-16-15(17(19)22)11(2)12(3)25-16/h10,13H,4-9H2,1-3H3/t13-/m1/s1. The van der Waals surface area contributed by atoms with Crippen LogP contribution in [0, 0.1) is 13.8 Å². The summed E-state index contributed by atoms with van der Waals surface area (Å²) >= 11 is 1.47. The van der Waals surface area contributed by atoms with E-state index in [1.807, 2.05) is 20.8 Å². The van der Waals surface area contributed by atoms with Gasteiger partial charge >= 0.3 is 0 Å². The van der Waals surface area contributed by atoms with Crippen molar-refractivity contribution in [3.63, 3.8) is 0 Å². The maximum atomic E-state index is 12.8. The fourth-order valence-corrected chi connectivity index (χ4v) is 6.11. The zero-order valence-electron chi connectivity index (χ0n) is 15.2. The van der Waals surface area contributed by atoms with Crippen LogP contribution in [0.1, 0.15) is 30.2 Å². The molecule has 7 nitrogen and oxygen atoms in total. The van der Waals surface area contributed by atoms with Gasteiger partial charge in [0.2, 0.25) is 5.91 Å². The second-order valence-corrected chi connectivity index (χ2v) is 10.2. The van der Waals surface area contributed by atoms with Gasteiger partial charge in [0.25, 0.3) is 5.56 Å². The van der Waals surface area contributed by atoms with Gasteiger partial charge in [-0.3, -0.25) is 14.2 Å². The minimum absolute atomic E-state index is 0.00770. The molecule has 142 valence electrons. The Bertz CT molecular complexity index is 1010. The summed E-state index contributed by atoms with van der Waals surface area (Å²) in [6.45, 7) is 6.14. The van der Waals surface area contributed by atoms with Crippen LogP contribution in [0.25, 0.3) is 10.2 Å². The molecule has 3 heterocycles. The highest BCUT2D eigenvalue weighted by Crippen LogP contribution is 2.25. The van der Waals surface area contributed by atoms with E-state index in [1.54, 1.807) is 4.90 Å².